The molecular formula is C26H24FN3O3S. The van der Waals surface area contributed by atoms with Crippen molar-refractivity contribution in [3.8, 4) is 5.75 Å². The Kier molecular flexibility index (Phi) is 5.61. The summed E-state index contributed by atoms with van der Waals surface area (Å²) in [5, 5.41) is 5.94. The van der Waals surface area contributed by atoms with Gasteiger partial charge in [0.05, 0.1) is 13.7 Å². The largest absolute Gasteiger partial charge is 0.497 e. The predicted octanol–water partition coefficient (Wildman–Crippen LogP) is 4.58. The predicted molar refractivity (Wildman–Crippen MR) is 129 cm³/mol. The molecule has 5 rings (SSSR count). The molecule has 0 saturated heterocycles. The number of halogens is 1. The minimum atomic E-state index is -1.13. The van der Waals surface area contributed by atoms with Crippen LogP contribution in [0.1, 0.15) is 28.5 Å². The molecule has 0 radical (unpaired) electrons. The molecule has 174 valence electrons. The first-order chi connectivity index (χ1) is 16.4. The number of carbonyl (C=O) groups excluding carboxylic acids is 2. The van der Waals surface area contributed by atoms with Crippen LogP contribution in [0.2, 0.25) is 0 Å². The number of hydrogen-bond acceptors (Lipinski definition) is 4. The van der Waals surface area contributed by atoms with Gasteiger partial charge in [-0.3, -0.25) is 9.59 Å². The van der Waals surface area contributed by atoms with Crippen molar-refractivity contribution in [3.05, 3.63) is 88.7 Å². The smallest absolute Gasteiger partial charge is 0.271 e. The average Bonchev–Trinajstić information content (AvgIpc) is 3.44. The first-order valence-corrected chi connectivity index (χ1v) is 11.8. The van der Waals surface area contributed by atoms with Gasteiger partial charge in [-0.15, -0.1) is 11.3 Å². The van der Waals surface area contributed by atoms with Gasteiger partial charge < -0.3 is 19.5 Å². The third kappa shape index (κ3) is 3.84. The van der Waals surface area contributed by atoms with E-state index in [0.29, 0.717) is 12.2 Å². The quantitative estimate of drug-likeness (QED) is 0.442. The maximum Gasteiger partial charge on any atom is 0.271 e. The molecule has 6 nitrogen and oxygen atoms in total. The van der Waals surface area contributed by atoms with Gasteiger partial charge in [0.25, 0.3) is 5.91 Å². The molecule has 1 aliphatic heterocycles. The van der Waals surface area contributed by atoms with E-state index < -0.39 is 5.54 Å². The number of aromatic nitrogens is 1. The second-order valence-corrected chi connectivity index (χ2v) is 9.51. The molecule has 0 saturated carbocycles. The molecule has 0 fully saturated rings. The highest BCUT2D eigenvalue weighted by Gasteiger charge is 2.47. The molecule has 3 heterocycles. The van der Waals surface area contributed by atoms with E-state index in [1.165, 1.54) is 12.1 Å². The number of fused-ring (bicyclic) bond motifs is 3. The van der Waals surface area contributed by atoms with Crippen LogP contribution in [0.25, 0.3) is 10.2 Å². The Hall–Kier alpha value is -3.65. The molecule has 2 aromatic heterocycles. The minimum absolute atomic E-state index is 0.190. The summed E-state index contributed by atoms with van der Waals surface area (Å²) in [5.74, 6) is -0.0547. The normalized spacial score (nSPS) is 17.6. The number of ether oxygens (including phenoxy) is 1. The summed E-state index contributed by atoms with van der Waals surface area (Å²) in [7, 11) is 1.60. The lowest BCUT2D eigenvalue weighted by molar-refractivity contribution is -0.133. The SMILES string of the molecule is COc1ccc(CN2C(=O)c3cc4ccsc4n3C[C@@]2(C)C(=O)NCc2ccc(F)cc2)cc1. The van der Waals surface area contributed by atoms with Crippen molar-refractivity contribution in [1.82, 2.24) is 14.8 Å². The van der Waals surface area contributed by atoms with Gasteiger partial charge in [0.2, 0.25) is 5.91 Å². The van der Waals surface area contributed by atoms with E-state index in [-0.39, 0.29) is 30.7 Å². The molecule has 4 aromatic rings. The molecule has 8 heteroatoms. The summed E-state index contributed by atoms with van der Waals surface area (Å²) in [6.45, 7) is 2.66. The lowest BCUT2D eigenvalue weighted by atomic mass is 9.93. The van der Waals surface area contributed by atoms with Gasteiger partial charge in [0.15, 0.2) is 0 Å². The summed E-state index contributed by atoms with van der Waals surface area (Å²) in [6, 6.07) is 17.4. The van der Waals surface area contributed by atoms with Crippen LogP contribution >= 0.6 is 11.3 Å². The van der Waals surface area contributed by atoms with Crippen LogP contribution in [0.5, 0.6) is 5.75 Å². The maximum absolute atomic E-state index is 13.7. The number of nitrogens with zero attached hydrogens (tertiary/aromatic N) is 2. The second-order valence-electron chi connectivity index (χ2n) is 8.62. The third-order valence-electron chi connectivity index (χ3n) is 6.38. The van der Waals surface area contributed by atoms with Gasteiger partial charge in [0, 0.05) is 18.5 Å². The Morgan fingerprint density at radius 1 is 1.12 bits per heavy atom. The van der Waals surface area contributed by atoms with Crippen LogP contribution in [-0.2, 0) is 24.4 Å². The summed E-state index contributed by atoms with van der Waals surface area (Å²) < 4.78 is 20.4. The first kappa shape index (κ1) is 22.2. The number of thiophene rings is 1. The van der Waals surface area contributed by atoms with Crippen molar-refractivity contribution in [2.24, 2.45) is 0 Å². The van der Waals surface area contributed by atoms with Crippen molar-refractivity contribution in [3.63, 3.8) is 0 Å². The molecule has 2 aromatic carbocycles. The molecular weight excluding hydrogens is 453 g/mol. The van der Waals surface area contributed by atoms with E-state index in [2.05, 4.69) is 5.32 Å². The van der Waals surface area contributed by atoms with Crippen LogP contribution in [0.3, 0.4) is 0 Å². The number of hydrogen-bond donors (Lipinski definition) is 1. The Balaban J connectivity index is 1.48. The molecule has 0 spiro atoms. The van der Waals surface area contributed by atoms with Gasteiger partial charge in [-0.2, -0.15) is 0 Å². The van der Waals surface area contributed by atoms with Crippen LogP contribution < -0.4 is 10.1 Å². The zero-order valence-electron chi connectivity index (χ0n) is 18.9. The number of carbonyl (C=O) groups is 2. The second kappa shape index (κ2) is 8.61. The average molecular weight is 478 g/mol. The van der Waals surface area contributed by atoms with E-state index in [1.54, 1.807) is 42.4 Å². The molecule has 0 unspecified atom stereocenters. The molecule has 0 bridgehead atoms. The minimum Gasteiger partial charge on any atom is -0.497 e. The van der Waals surface area contributed by atoms with Gasteiger partial charge in [-0.25, -0.2) is 4.39 Å². The van der Waals surface area contributed by atoms with Gasteiger partial charge in [-0.05, 0) is 59.8 Å². The van der Waals surface area contributed by atoms with Crippen LogP contribution in [0, 0.1) is 5.82 Å². The lowest BCUT2D eigenvalue weighted by Gasteiger charge is -2.44. The van der Waals surface area contributed by atoms with Crippen LogP contribution in [0.4, 0.5) is 4.39 Å². The fourth-order valence-corrected chi connectivity index (χ4v) is 5.29. The van der Waals surface area contributed by atoms with E-state index in [1.807, 2.05) is 46.3 Å². The molecule has 1 atom stereocenters. The Morgan fingerprint density at radius 2 is 1.82 bits per heavy atom. The highest BCUT2D eigenvalue weighted by molar-refractivity contribution is 7.16. The maximum atomic E-state index is 13.7. The van der Waals surface area contributed by atoms with E-state index in [0.717, 1.165) is 27.1 Å². The van der Waals surface area contributed by atoms with Crippen molar-refractivity contribution in [2.45, 2.75) is 32.1 Å². The van der Waals surface area contributed by atoms with Gasteiger partial charge >= 0.3 is 0 Å². The molecule has 34 heavy (non-hydrogen) atoms. The zero-order chi connectivity index (χ0) is 23.9. The Morgan fingerprint density at radius 3 is 2.53 bits per heavy atom. The van der Waals surface area contributed by atoms with E-state index >= 15 is 0 Å². The highest BCUT2D eigenvalue weighted by Crippen LogP contribution is 2.35. The topological polar surface area (TPSA) is 63.6 Å². The fraction of sp³-hybridized carbons (Fsp3) is 0.231. The van der Waals surface area contributed by atoms with Crippen molar-refractivity contribution >= 4 is 33.4 Å². The monoisotopic (exact) mass is 477 g/mol. The molecule has 1 N–H and O–H groups in total. The fourth-order valence-electron chi connectivity index (χ4n) is 4.39. The number of amides is 2. The summed E-state index contributed by atoms with van der Waals surface area (Å²) in [6.07, 6.45) is 0. The number of methoxy groups -OCH3 is 1. The summed E-state index contributed by atoms with van der Waals surface area (Å²) in [4.78, 5) is 29.9. The van der Waals surface area contributed by atoms with Crippen LogP contribution in [-0.4, -0.2) is 33.9 Å². The zero-order valence-corrected chi connectivity index (χ0v) is 19.7. The Bertz CT molecular complexity index is 1360. The molecule has 2 amide bonds. The van der Waals surface area contributed by atoms with Crippen LogP contribution in [0.15, 0.2) is 66.0 Å². The Labute approximate surface area is 200 Å². The number of rotatable bonds is 6. The summed E-state index contributed by atoms with van der Waals surface area (Å²) in [5.41, 5.74) is 1.14. The highest BCUT2D eigenvalue weighted by atomic mass is 32.1. The van der Waals surface area contributed by atoms with E-state index in [9.17, 15) is 14.0 Å². The van der Waals surface area contributed by atoms with Crippen molar-refractivity contribution in [1.29, 1.82) is 0 Å². The van der Waals surface area contributed by atoms with Gasteiger partial charge in [-0.1, -0.05) is 24.3 Å². The van der Waals surface area contributed by atoms with Crippen molar-refractivity contribution < 1.29 is 18.7 Å². The number of benzene rings is 2. The van der Waals surface area contributed by atoms with Crippen molar-refractivity contribution in [2.75, 3.05) is 7.11 Å². The first-order valence-electron chi connectivity index (χ1n) is 10.9. The van der Waals surface area contributed by atoms with E-state index in [4.69, 9.17) is 4.74 Å². The lowest BCUT2D eigenvalue weighted by Crippen LogP contribution is -2.63. The number of nitrogens with one attached hydrogen (secondary N) is 1. The van der Waals surface area contributed by atoms with Gasteiger partial charge in [0.1, 0.15) is 27.6 Å². The summed E-state index contributed by atoms with van der Waals surface area (Å²) >= 11 is 1.56. The molecule has 1 aliphatic rings. The standard InChI is InChI=1S/C26H24FN3O3S/c1-26(25(32)28-14-17-3-7-20(27)8-4-17)16-29-22(13-19-11-12-34-24(19)29)23(31)30(26)15-18-5-9-21(33-2)10-6-18/h3-13H,14-16H2,1-2H3,(H,28,32)/t26-/m0/s1. The third-order valence-corrected chi connectivity index (χ3v) is 7.34. The molecule has 0 aliphatic carbocycles.